The first-order chi connectivity index (χ1) is 12.8. The number of hydrogen-bond acceptors (Lipinski definition) is 3. The number of hydrogen-bond donors (Lipinski definition) is 0. The minimum Gasteiger partial charge on any atom is -0.496 e. The van der Waals surface area contributed by atoms with Gasteiger partial charge in [-0.1, -0.05) is 30.3 Å². The summed E-state index contributed by atoms with van der Waals surface area (Å²) in [6.07, 6.45) is -2.58. The van der Waals surface area contributed by atoms with Gasteiger partial charge in [0, 0.05) is 23.9 Å². The molecule has 1 aliphatic heterocycles. The number of rotatable bonds is 3. The fourth-order valence-corrected chi connectivity index (χ4v) is 4.08. The van der Waals surface area contributed by atoms with Crippen LogP contribution in [0.4, 0.5) is 13.2 Å². The van der Waals surface area contributed by atoms with Crippen molar-refractivity contribution in [1.29, 1.82) is 0 Å². The quantitative estimate of drug-likeness (QED) is 0.717. The van der Waals surface area contributed by atoms with Crippen molar-refractivity contribution in [2.45, 2.75) is 23.4 Å². The molecule has 1 aliphatic rings. The second-order valence-electron chi connectivity index (χ2n) is 6.37. The lowest BCUT2D eigenvalue weighted by atomic mass is 9.88. The summed E-state index contributed by atoms with van der Waals surface area (Å²) in [7, 11) is 1.58. The molecular weight excluding hydrogens is 375 g/mol. The van der Waals surface area contributed by atoms with Crippen LogP contribution < -0.4 is 4.74 Å². The Labute approximate surface area is 160 Å². The molecule has 1 unspecified atom stereocenters. The minimum absolute atomic E-state index is 0.0167. The Morgan fingerprint density at radius 3 is 2.52 bits per heavy atom. The number of nitrogens with zero attached hydrogens (tertiary/aromatic N) is 1. The molecule has 1 heterocycles. The summed E-state index contributed by atoms with van der Waals surface area (Å²) in [6.45, 7) is 0.0198. The largest absolute Gasteiger partial charge is 0.496 e. The first kappa shape index (κ1) is 19.6. The molecule has 0 fully saturated rings. The normalized spacial score (nSPS) is 17.2. The van der Waals surface area contributed by atoms with E-state index in [1.165, 1.54) is 11.8 Å². The zero-order valence-corrected chi connectivity index (χ0v) is 15.9. The number of halogens is 3. The summed E-state index contributed by atoms with van der Waals surface area (Å²) in [5.41, 5.74) is 2.74. The minimum atomic E-state index is -4.88. The van der Waals surface area contributed by atoms with Crippen molar-refractivity contribution in [3.8, 4) is 5.75 Å². The van der Waals surface area contributed by atoms with Gasteiger partial charge in [-0.25, -0.2) is 0 Å². The average Bonchev–Trinajstić information content (AvgIpc) is 2.85. The Bertz CT molecular complexity index is 824. The second-order valence-corrected chi connectivity index (χ2v) is 7.22. The number of fused-ring (bicyclic) bond motifs is 1. The molecule has 0 spiro atoms. The van der Waals surface area contributed by atoms with Gasteiger partial charge < -0.3 is 9.64 Å². The molecule has 0 N–H and O–H groups in total. The van der Waals surface area contributed by atoms with Gasteiger partial charge in [-0.3, -0.25) is 4.79 Å². The lowest BCUT2D eigenvalue weighted by Gasteiger charge is -2.26. The molecule has 27 heavy (non-hydrogen) atoms. The number of amides is 1. The fraction of sp³-hybridized carbons (Fsp3) is 0.350. The van der Waals surface area contributed by atoms with Crippen LogP contribution >= 0.6 is 11.8 Å². The van der Waals surface area contributed by atoms with E-state index in [0.29, 0.717) is 12.2 Å². The zero-order chi connectivity index (χ0) is 19.6. The second kappa shape index (κ2) is 7.84. The first-order valence-electron chi connectivity index (χ1n) is 8.51. The summed E-state index contributed by atoms with van der Waals surface area (Å²) in [5, 5.41) is 0. The number of thioether (sulfide) groups is 1. The molecule has 0 radical (unpaired) electrons. The summed E-state index contributed by atoms with van der Waals surface area (Å²) in [4.78, 5) is 13.8. The highest BCUT2D eigenvalue weighted by molar-refractivity contribution is 7.98. The van der Waals surface area contributed by atoms with Crippen LogP contribution in [0.15, 0.2) is 47.4 Å². The maximum Gasteiger partial charge on any atom is 0.471 e. The molecule has 1 atom stereocenters. The Balaban J connectivity index is 2.10. The van der Waals surface area contributed by atoms with Crippen molar-refractivity contribution in [2.24, 2.45) is 0 Å². The molecule has 7 heteroatoms. The molecule has 0 aliphatic carbocycles. The lowest BCUT2D eigenvalue weighted by molar-refractivity contribution is -0.185. The van der Waals surface area contributed by atoms with E-state index in [1.807, 2.05) is 48.7 Å². The topological polar surface area (TPSA) is 29.5 Å². The molecule has 0 saturated heterocycles. The SMILES string of the molecule is COc1cc2c(cc1SC)CCN(C(=O)C(F)(F)F)CC2c1ccccc1. The van der Waals surface area contributed by atoms with Crippen LogP contribution in [-0.4, -0.2) is 43.4 Å². The first-order valence-corrected chi connectivity index (χ1v) is 9.73. The van der Waals surface area contributed by atoms with E-state index < -0.39 is 12.1 Å². The van der Waals surface area contributed by atoms with Crippen LogP contribution in [-0.2, 0) is 11.2 Å². The van der Waals surface area contributed by atoms with Gasteiger partial charge >= 0.3 is 12.1 Å². The average molecular weight is 395 g/mol. The van der Waals surface area contributed by atoms with Crippen LogP contribution in [0.25, 0.3) is 0 Å². The number of methoxy groups -OCH3 is 1. The van der Waals surface area contributed by atoms with Crippen molar-refractivity contribution >= 4 is 17.7 Å². The van der Waals surface area contributed by atoms with Crippen molar-refractivity contribution in [3.63, 3.8) is 0 Å². The van der Waals surface area contributed by atoms with E-state index in [0.717, 1.165) is 26.5 Å². The fourth-order valence-electron chi connectivity index (χ4n) is 3.48. The van der Waals surface area contributed by atoms with Crippen LogP contribution in [0.1, 0.15) is 22.6 Å². The summed E-state index contributed by atoms with van der Waals surface area (Å²) >= 11 is 1.52. The number of benzene rings is 2. The summed E-state index contributed by atoms with van der Waals surface area (Å²) < 4.78 is 44.6. The standard InChI is InChI=1S/C20H20F3NO2S/c1-26-17-11-15-14(10-18(17)27-2)8-9-24(19(25)20(21,22)23)12-16(15)13-6-4-3-5-7-13/h3-7,10-11,16H,8-9,12H2,1-2H3. The van der Waals surface area contributed by atoms with Crippen molar-refractivity contribution < 1.29 is 22.7 Å². The van der Waals surface area contributed by atoms with Gasteiger partial charge in [-0.05, 0) is 41.5 Å². The molecule has 2 aromatic rings. The Morgan fingerprint density at radius 2 is 1.93 bits per heavy atom. The molecule has 0 aromatic heterocycles. The van der Waals surface area contributed by atoms with E-state index in [4.69, 9.17) is 4.74 Å². The van der Waals surface area contributed by atoms with Crippen molar-refractivity contribution in [1.82, 2.24) is 4.90 Å². The highest BCUT2D eigenvalue weighted by atomic mass is 32.2. The molecule has 0 saturated carbocycles. The van der Waals surface area contributed by atoms with Crippen LogP contribution in [0.2, 0.25) is 0 Å². The Morgan fingerprint density at radius 1 is 1.22 bits per heavy atom. The number of ether oxygens (including phenoxy) is 1. The van der Waals surface area contributed by atoms with Gasteiger partial charge in [0.2, 0.25) is 0 Å². The third-order valence-electron chi connectivity index (χ3n) is 4.81. The van der Waals surface area contributed by atoms with Gasteiger partial charge in [0.05, 0.1) is 7.11 Å². The predicted octanol–water partition coefficient (Wildman–Crippen LogP) is 4.50. The third kappa shape index (κ3) is 4.08. The van der Waals surface area contributed by atoms with Crippen LogP contribution in [0, 0.1) is 0 Å². The maximum atomic E-state index is 13.0. The molecular formula is C20H20F3NO2S. The number of alkyl halides is 3. The number of carbonyl (C=O) groups is 1. The van der Waals surface area contributed by atoms with Gasteiger partial charge in [0.15, 0.2) is 0 Å². The van der Waals surface area contributed by atoms with Crippen molar-refractivity contribution in [2.75, 3.05) is 26.5 Å². The van der Waals surface area contributed by atoms with E-state index in [2.05, 4.69) is 0 Å². The molecule has 3 nitrogen and oxygen atoms in total. The Hall–Kier alpha value is -2.15. The predicted molar refractivity (Wildman–Crippen MR) is 99.4 cm³/mol. The molecule has 1 amide bonds. The van der Waals surface area contributed by atoms with Gasteiger partial charge in [0.1, 0.15) is 5.75 Å². The molecule has 2 aromatic carbocycles. The van der Waals surface area contributed by atoms with E-state index in [-0.39, 0.29) is 19.0 Å². The molecule has 3 rings (SSSR count). The monoisotopic (exact) mass is 395 g/mol. The van der Waals surface area contributed by atoms with Crippen molar-refractivity contribution in [3.05, 3.63) is 59.2 Å². The van der Waals surface area contributed by atoms with Crippen LogP contribution in [0.3, 0.4) is 0 Å². The summed E-state index contributed by atoms with van der Waals surface area (Å²) in [6, 6.07) is 13.2. The molecule has 0 bridgehead atoms. The van der Waals surface area contributed by atoms with E-state index in [1.54, 1.807) is 7.11 Å². The van der Waals surface area contributed by atoms with Gasteiger partial charge in [0.25, 0.3) is 0 Å². The maximum absolute atomic E-state index is 13.0. The third-order valence-corrected chi connectivity index (χ3v) is 5.57. The lowest BCUT2D eigenvalue weighted by Crippen LogP contribution is -2.43. The molecule has 144 valence electrons. The van der Waals surface area contributed by atoms with Gasteiger partial charge in [-0.2, -0.15) is 13.2 Å². The highest BCUT2D eigenvalue weighted by Crippen LogP contribution is 2.39. The van der Waals surface area contributed by atoms with Gasteiger partial charge in [-0.15, -0.1) is 11.8 Å². The number of carbonyl (C=O) groups excluding carboxylic acids is 1. The van der Waals surface area contributed by atoms with Crippen LogP contribution in [0.5, 0.6) is 5.75 Å². The highest BCUT2D eigenvalue weighted by Gasteiger charge is 2.43. The summed E-state index contributed by atoms with van der Waals surface area (Å²) in [5.74, 6) is -1.44. The zero-order valence-electron chi connectivity index (χ0n) is 15.0. The smallest absolute Gasteiger partial charge is 0.471 e. The van der Waals surface area contributed by atoms with E-state index >= 15 is 0 Å². The Kier molecular flexibility index (Phi) is 5.69. The van der Waals surface area contributed by atoms with E-state index in [9.17, 15) is 18.0 Å².